The van der Waals surface area contributed by atoms with Crippen molar-refractivity contribution in [1.82, 2.24) is 0 Å². The van der Waals surface area contributed by atoms with Gasteiger partial charge in [0, 0.05) is 0 Å². The lowest BCUT2D eigenvalue weighted by atomic mass is 9.97. The van der Waals surface area contributed by atoms with Crippen LogP contribution in [0.5, 0.6) is 0 Å². The molecule has 1 saturated heterocycles. The van der Waals surface area contributed by atoms with Crippen molar-refractivity contribution >= 4 is 22.6 Å². The number of rotatable bonds is 1. The summed E-state index contributed by atoms with van der Waals surface area (Å²) in [5.74, 6) is 0. The molecule has 1 N–H and O–H groups in total. The zero-order valence-corrected chi connectivity index (χ0v) is 9.19. The average molecular weight is 280 g/mol. The molecule has 12 heavy (non-hydrogen) atoms. The minimum atomic E-state index is -0.535. The Morgan fingerprint density at radius 2 is 2.42 bits per heavy atom. The average Bonchev–Trinajstić information content (AvgIpc) is 2.00. The monoisotopic (exact) mass is 280 g/mol. The van der Waals surface area contributed by atoms with E-state index in [1.165, 1.54) is 0 Å². The van der Waals surface area contributed by atoms with Crippen LogP contribution >= 0.6 is 22.6 Å². The van der Waals surface area contributed by atoms with Gasteiger partial charge in [-0.2, -0.15) is 0 Å². The Balaban J connectivity index is 2.66. The van der Waals surface area contributed by atoms with Gasteiger partial charge in [0.1, 0.15) is 12.2 Å². The maximum Gasteiger partial charge on any atom is 0.106 e. The van der Waals surface area contributed by atoms with Crippen molar-refractivity contribution in [3.63, 3.8) is 0 Å². The van der Waals surface area contributed by atoms with E-state index in [-0.39, 0.29) is 12.2 Å². The van der Waals surface area contributed by atoms with E-state index < -0.39 is 6.10 Å². The van der Waals surface area contributed by atoms with Crippen molar-refractivity contribution in [3.8, 4) is 0 Å². The Morgan fingerprint density at radius 1 is 1.75 bits per heavy atom. The molecule has 0 aliphatic carbocycles. The second-order valence-electron chi connectivity index (χ2n) is 3.04. The van der Waals surface area contributed by atoms with Gasteiger partial charge >= 0.3 is 0 Å². The lowest BCUT2D eigenvalue weighted by Crippen LogP contribution is -2.37. The Morgan fingerprint density at radius 3 is 3.00 bits per heavy atom. The fourth-order valence-electron chi connectivity index (χ4n) is 1.34. The van der Waals surface area contributed by atoms with Gasteiger partial charge in [0.05, 0.1) is 6.10 Å². The van der Waals surface area contributed by atoms with E-state index in [0.29, 0.717) is 0 Å². The van der Waals surface area contributed by atoms with Gasteiger partial charge in [0.2, 0.25) is 0 Å². The van der Waals surface area contributed by atoms with E-state index in [2.05, 4.69) is 29.2 Å². The Bertz CT molecular complexity index is 201. The van der Waals surface area contributed by atoms with Crippen LogP contribution in [0.15, 0.2) is 22.3 Å². The molecule has 1 aliphatic rings. The molecule has 1 fully saturated rings. The second-order valence-corrected chi connectivity index (χ2v) is 3.76. The number of ether oxygens (including phenoxy) is 1. The fourth-order valence-corrected chi connectivity index (χ4v) is 1.74. The van der Waals surface area contributed by atoms with Crippen LogP contribution in [0.4, 0.5) is 0 Å². The summed E-state index contributed by atoms with van der Waals surface area (Å²) in [5, 5.41) is 9.61. The summed E-state index contributed by atoms with van der Waals surface area (Å²) in [5.41, 5.74) is 0.869. The highest BCUT2D eigenvalue weighted by Gasteiger charge is 2.28. The molecule has 2 nitrogen and oxygen atoms in total. The third-order valence-corrected chi connectivity index (χ3v) is 2.35. The largest absolute Gasteiger partial charge is 0.386 e. The van der Waals surface area contributed by atoms with Crippen LogP contribution in [-0.2, 0) is 4.74 Å². The van der Waals surface area contributed by atoms with Gasteiger partial charge in [-0.3, -0.25) is 0 Å². The summed E-state index contributed by atoms with van der Waals surface area (Å²) in [6.07, 6.45) is 2.03. The molecule has 0 aromatic heterocycles. The minimum absolute atomic E-state index is 0.165. The highest BCUT2D eigenvalue weighted by molar-refractivity contribution is 14.1. The molecule has 0 spiro atoms. The van der Waals surface area contributed by atoms with E-state index in [4.69, 9.17) is 4.74 Å². The smallest absolute Gasteiger partial charge is 0.106 e. The zero-order chi connectivity index (χ0) is 9.14. The van der Waals surface area contributed by atoms with E-state index in [0.717, 1.165) is 12.0 Å². The van der Waals surface area contributed by atoms with E-state index >= 15 is 0 Å². The summed E-state index contributed by atoms with van der Waals surface area (Å²) >= 11 is 2.11. The summed E-state index contributed by atoms with van der Waals surface area (Å²) < 4.78 is 7.37. The lowest BCUT2D eigenvalue weighted by Gasteiger charge is -2.32. The predicted molar refractivity (Wildman–Crippen MR) is 57.3 cm³/mol. The first-order valence-corrected chi connectivity index (χ1v) is 5.17. The zero-order valence-electron chi connectivity index (χ0n) is 7.03. The predicted octanol–water partition coefficient (Wildman–Crippen LogP) is 2.03. The van der Waals surface area contributed by atoms with Gasteiger partial charge in [0.15, 0.2) is 0 Å². The summed E-state index contributed by atoms with van der Waals surface area (Å²) in [6.45, 7) is 5.80. The van der Waals surface area contributed by atoms with Gasteiger partial charge in [0.25, 0.3) is 0 Å². The summed E-state index contributed by atoms with van der Waals surface area (Å²) in [4.78, 5) is 0. The van der Waals surface area contributed by atoms with Crippen LogP contribution in [0, 0.1) is 0 Å². The van der Waals surface area contributed by atoms with Crippen LogP contribution in [0.3, 0.4) is 0 Å². The van der Waals surface area contributed by atoms with Crippen LogP contribution in [0.2, 0.25) is 0 Å². The minimum Gasteiger partial charge on any atom is -0.386 e. The van der Waals surface area contributed by atoms with E-state index in [9.17, 15) is 5.11 Å². The Hall–Kier alpha value is 0.130. The van der Waals surface area contributed by atoms with Gasteiger partial charge in [-0.15, -0.1) is 0 Å². The molecule has 1 aliphatic heterocycles. The van der Waals surface area contributed by atoms with Crippen molar-refractivity contribution in [1.29, 1.82) is 0 Å². The molecule has 0 saturated carbocycles. The molecular formula is C9H13IO2. The molecule has 0 unspecified atom stereocenters. The molecule has 0 aromatic rings. The molecule has 3 atom stereocenters. The van der Waals surface area contributed by atoms with E-state index in [1.807, 2.05) is 17.1 Å². The third kappa shape index (κ3) is 2.31. The van der Waals surface area contributed by atoms with Crippen molar-refractivity contribution in [2.75, 3.05) is 0 Å². The maximum atomic E-state index is 9.61. The number of hydrogen-bond acceptors (Lipinski definition) is 2. The third-order valence-electron chi connectivity index (χ3n) is 1.93. The van der Waals surface area contributed by atoms with Crippen molar-refractivity contribution in [3.05, 3.63) is 22.3 Å². The van der Waals surface area contributed by atoms with Gasteiger partial charge in [-0.1, -0.05) is 29.2 Å². The Labute approximate surface area is 86.4 Å². The SMILES string of the molecule is C=C1C[C@@H](C)O[C@H](/C=C/I)[C@H]1O. The summed E-state index contributed by atoms with van der Waals surface area (Å²) in [6, 6.07) is 0. The van der Waals surface area contributed by atoms with Crippen LogP contribution in [-0.4, -0.2) is 23.4 Å². The first kappa shape index (κ1) is 10.2. The van der Waals surface area contributed by atoms with Crippen LogP contribution in [0.1, 0.15) is 13.3 Å². The first-order chi connectivity index (χ1) is 5.65. The summed E-state index contributed by atoms with van der Waals surface area (Å²) in [7, 11) is 0. The second kappa shape index (κ2) is 4.39. The topological polar surface area (TPSA) is 29.5 Å². The molecule has 0 radical (unpaired) electrons. The van der Waals surface area contributed by atoms with Crippen molar-refractivity contribution in [2.24, 2.45) is 0 Å². The molecule has 3 heteroatoms. The van der Waals surface area contributed by atoms with Gasteiger partial charge < -0.3 is 9.84 Å². The lowest BCUT2D eigenvalue weighted by molar-refractivity contribution is -0.0591. The van der Waals surface area contributed by atoms with E-state index in [1.54, 1.807) is 0 Å². The van der Waals surface area contributed by atoms with Gasteiger partial charge in [-0.25, -0.2) is 0 Å². The normalized spacial score (nSPS) is 37.6. The number of halogens is 1. The van der Waals surface area contributed by atoms with Gasteiger partial charge in [-0.05, 0) is 29.1 Å². The maximum absolute atomic E-state index is 9.61. The molecule has 0 aromatic carbocycles. The number of hydrogen-bond donors (Lipinski definition) is 1. The highest BCUT2D eigenvalue weighted by atomic mass is 127. The molecule has 68 valence electrons. The highest BCUT2D eigenvalue weighted by Crippen LogP contribution is 2.24. The van der Waals surface area contributed by atoms with Crippen molar-refractivity contribution < 1.29 is 9.84 Å². The van der Waals surface area contributed by atoms with Crippen molar-refractivity contribution in [2.45, 2.75) is 31.7 Å². The molecular weight excluding hydrogens is 267 g/mol. The molecule has 0 amide bonds. The first-order valence-electron chi connectivity index (χ1n) is 3.93. The number of aliphatic hydroxyl groups is 1. The molecule has 1 rings (SSSR count). The van der Waals surface area contributed by atoms with Crippen LogP contribution in [0.25, 0.3) is 0 Å². The molecule has 0 bridgehead atoms. The standard InChI is InChI=1S/C9H13IO2/c1-6-5-7(2)12-8(3-4-10)9(6)11/h3-4,7-9,11H,1,5H2,2H3/b4-3+/t7-,8-,9+/m1/s1. The quantitative estimate of drug-likeness (QED) is 0.588. The van der Waals surface area contributed by atoms with Crippen LogP contribution < -0.4 is 0 Å². The fraction of sp³-hybridized carbons (Fsp3) is 0.556. The Kier molecular flexibility index (Phi) is 3.74. The molecule has 1 heterocycles. The number of aliphatic hydroxyl groups excluding tert-OH is 1.